The van der Waals surface area contributed by atoms with Crippen LogP contribution < -0.4 is 0 Å². The van der Waals surface area contributed by atoms with Crippen molar-refractivity contribution in [2.75, 3.05) is 9.76 Å². The van der Waals surface area contributed by atoms with Crippen molar-refractivity contribution >= 4 is 38.5 Å². The van der Waals surface area contributed by atoms with Crippen LogP contribution in [0.25, 0.3) is 0 Å². The van der Waals surface area contributed by atoms with Crippen LogP contribution in [0.4, 0.5) is 0 Å². The minimum atomic E-state index is 1.18. The highest BCUT2D eigenvalue weighted by Gasteiger charge is 1.89. The molecule has 0 aromatic carbocycles. The summed E-state index contributed by atoms with van der Waals surface area (Å²) in [6, 6.07) is 0. The molecule has 0 rings (SSSR count). The van der Waals surface area contributed by atoms with Gasteiger partial charge < -0.3 is 0 Å². The minimum Gasteiger partial charge on any atom is -0.0928 e. The molecule has 0 aliphatic heterocycles. The van der Waals surface area contributed by atoms with E-state index in [1.807, 2.05) is 0 Å². The maximum atomic E-state index is 3.44. The maximum absolute atomic E-state index is 3.44. The summed E-state index contributed by atoms with van der Waals surface area (Å²) in [4.78, 5) is 0. The van der Waals surface area contributed by atoms with Gasteiger partial charge in [0, 0.05) is 5.33 Å². The Balaban J connectivity index is 2.69. The zero-order valence-corrected chi connectivity index (χ0v) is 10.9. The highest BCUT2D eigenvalue weighted by molar-refractivity contribution is 14.1. The molecule has 0 aliphatic carbocycles. The first-order valence-electron chi connectivity index (χ1n) is 4.53. The van der Waals surface area contributed by atoms with E-state index in [0.29, 0.717) is 0 Å². The Labute approximate surface area is 92.8 Å². The van der Waals surface area contributed by atoms with Gasteiger partial charge in [0.25, 0.3) is 0 Å². The molecule has 0 radical (unpaired) electrons. The largest absolute Gasteiger partial charge is 0.0928 e. The highest BCUT2D eigenvalue weighted by atomic mass is 127. The summed E-state index contributed by atoms with van der Waals surface area (Å²) >= 11 is 5.90. The van der Waals surface area contributed by atoms with Crippen molar-refractivity contribution < 1.29 is 0 Å². The molecule has 0 aliphatic rings. The lowest BCUT2D eigenvalue weighted by Gasteiger charge is -1.98. The molecule has 11 heavy (non-hydrogen) atoms. The number of hydrogen-bond donors (Lipinski definition) is 0. The quantitative estimate of drug-likeness (QED) is 0.347. The number of rotatable bonds is 8. The smallest absolute Gasteiger partial charge is 0.00313 e. The van der Waals surface area contributed by atoms with Crippen molar-refractivity contribution in [1.82, 2.24) is 0 Å². The fourth-order valence-electron chi connectivity index (χ4n) is 1.07. The highest BCUT2D eigenvalue weighted by Crippen LogP contribution is 2.08. The van der Waals surface area contributed by atoms with Gasteiger partial charge >= 0.3 is 0 Å². The summed E-state index contributed by atoms with van der Waals surface area (Å²) in [7, 11) is 0. The van der Waals surface area contributed by atoms with E-state index in [1.54, 1.807) is 0 Å². The first kappa shape index (κ1) is 12.2. The predicted octanol–water partition coefficient (Wildman–Crippen LogP) is 4.55. The van der Waals surface area contributed by atoms with Gasteiger partial charge in [0.2, 0.25) is 0 Å². The molecule has 0 saturated heterocycles. The second-order valence-electron chi connectivity index (χ2n) is 2.85. The first-order valence-corrected chi connectivity index (χ1v) is 7.18. The van der Waals surface area contributed by atoms with E-state index < -0.39 is 0 Å². The van der Waals surface area contributed by atoms with Crippen molar-refractivity contribution in [3.05, 3.63) is 0 Å². The van der Waals surface area contributed by atoms with Crippen LogP contribution in [0.3, 0.4) is 0 Å². The Morgan fingerprint density at radius 3 is 1.64 bits per heavy atom. The fourth-order valence-corrected chi connectivity index (χ4v) is 2.01. The number of unbranched alkanes of at least 4 members (excludes halogenated alkanes) is 6. The Hall–Kier alpha value is 1.21. The molecule has 0 saturated carbocycles. The van der Waals surface area contributed by atoms with Crippen molar-refractivity contribution in [2.45, 2.75) is 44.9 Å². The maximum Gasteiger partial charge on any atom is 0.00313 e. The summed E-state index contributed by atoms with van der Waals surface area (Å²) in [6.07, 6.45) is 9.96. The van der Waals surface area contributed by atoms with E-state index >= 15 is 0 Å². The Morgan fingerprint density at radius 1 is 0.727 bits per heavy atom. The second-order valence-corrected chi connectivity index (χ2v) is 4.72. The summed E-state index contributed by atoms with van der Waals surface area (Å²) < 4.78 is 1.33. The zero-order valence-electron chi connectivity index (χ0n) is 7.12. The van der Waals surface area contributed by atoms with Crippen molar-refractivity contribution in [3.8, 4) is 0 Å². The summed E-state index contributed by atoms with van der Waals surface area (Å²) in [6.45, 7) is 0. The van der Waals surface area contributed by atoms with Gasteiger partial charge in [-0.05, 0) is 17.3 Å². The molecule has 68 valence electrons. The van der Waals surface area contributed by atoms with E-state index in [4.69, 9.17) is 0 Å². The van der Waals surface area contributed by atoms with Crippen molar-refractivity contribution in [2.24, 2.45) is 0 Å². The van der Waals surface area contributed by atoms with Crippen LogP contribution in [-0.2, 0) is 0 Å². The topological polar surface area (TPSA) is 0 Å². The van der Waals surface area contributed by atoms with E-state index in [-0.39, 0.29) is 0 Å². The second kappa shape index (κ2) is 11.2. The molecule has 0 aromatic rings. The van der Waals surface area contributed by atoms with Gasteiger partial charge in [-0.1, -0.05) is 70.6 Å². The van der Waals surface area contributed by atoms with Crippen LogP contribution in [0, 0.1) is 0 Å². The van der Waals surface area contributed by atoms with E-state index in [0.717, 1.165) is 0 Å². The Bertz CT molecular complexity index is 58.6. The molecule has 0 heterocycles. The van der Waals surface area contributed by atoms with Gasteiger partial charge in [-0.25, -0.2) is 0 Å². The number of hydrogen-bond acceptors (Lipinski definition) is 0. The molecular formula is C9H18BrI. The molecule has 0 spiro atoms. The van der Waals surface area contributed by atoms with E-state index in [9.17, 15) is 0 Å². The monoisotopic (exact) mass is 332 g/mol. The van der Waals surface area contributed by atoms with Gasteiger partial charge in [-0.2, -0.15) is 0 Å². The zero-order chi connectivity index (χ0) is 8.36. The third-order valence-electron chi connectivity index (χ3n) is 1.77. The first-order chi connectivity index (χ1) is 5.41. The van der Waals surface area contributed by atoms with Crippen molar-refractivity contribution in [3.63, 3.8) is 0 Å². The van der Waals surface area contributed by atoms with Crippen LogP contribution in [0.15, 0.2) is 0 Å². The number of alkyl halides is 2. The summed E-state index contributed by atoms with van der Waals surface area (Å²) in [5, 5.41) is 1.18. The average Bonchev–Trinajstić information content (AvgIpc) is 2.03. The molecule has 0 aromatic heterocycles. The Kier molecular flexibility index (Phi) is 12.4. The van der Waals surface area contributed by atoms with Crippen LogP contribution in [0.2, 0.25) is 0 Å². The number of halogens is 2. The van der Waals surface area contributed by atoms with Gasteiger partial charge in [0.05, 0.1) is 0 Å². The van der Waals surface area contributed by atoms with Gasteiger partial charge in [0.15, 0.2) is 0 Å². The summed E-state index contributed by atoms with van der Waals surface area (Å²) in [5.74, 6) is 0. The van der Waals surface area contributed by atoms with E-state index in [1.165, 1.54) is 54.7 Å². The SMILES string of the molecule is BrCCCCCCCCCI. The third-order valence-corrected chi connectivity index (χ3v) is 3.09. The van der Waals surface area contributed by atoms with Crippen LogP contribution in [0.1, 0.15) is 44.9 Å². The van der Waals surface area contributed by atoms with Crippen LogP contribution >= 0.6 is 38.5 Å². The van der Waals surface area contributed by atoms with Crippen LogP contribution in [-0.4, -0.2) is 9.76 Å². The molecule has 0 atom stereocenters. The Morgan fingerprint density at radius 2 is 1.18 bits per heavy atom. The molecule has 0 unspecified atom stereocenters. The molecule has 0 N–H and O–H groups in total. The lowest BCUT2D eigenvalue weighted by molar-refractivity contribution is 0.607. The lowest BCUT2D eigenvalue weighted by atomic mass is 10.1. The van der Waals surface area contributed by atoms with Gasteiger partial charge in [0.1, 0.15) is 0 Å². The lowest BCUT2D eigenvalue weighted by Crippen LogP contribution is -1.81. The molecular weight excluding hydrogens is 315 g/mol. The summed E-state index contributed by atoms with van der Waals surface area (Å²) in [5.41, 5.74) is 0. The molecule has 0 bridgehead atoms. The van der Waals surface area contributed by atoms with Crippen molar-refractivity contribution in [1.29, 1.82) is 0 Å². The molecule has 0 nitrogen and oxygen atoms in total. The minimum absolute atomic E-state index is 1.18. The predicted molar refractivity (Wildman–Crippen MR) is 65.0 cm³/mol. The van der Waals surface area contributed by atoms with Gasteiger partial charge in [-0.3, -0.25) is 0 Å². The molecule has 2 heteroatoms. The van der Waals surface area contributed by atoms with Gasteiger partial charge in [-0.15, -0.1) is 0 Å². The fraction of sp³-hybridized carbons (Fsp3) is 1.00. The molecule has 0 amide bonds. The normalized spacial score (nSPS) is 10.4. The molecule has 0 fully saturated rings. The van der Waals surface area contributed by atoms with E-state index in [2.05, 4.69) is 38.5 Å². The third kappa shape index (κ3) is 11.2. The average molecular weight is 333 g/mol. The standard InChI is InChI=1S/C9H18BrI/c10-8-6-4-2-1-3-5-7-9-11/h1-9H2. The van der Waals surface area contributed by atoms with Crippen LogP contribution in [0.5, 0.6) is 0 Å².